The molecule has 20 heavy (non-hydrogen) atoms. The molecule has 0 bridgehead atoms. The molecule has 0 aliphatic rings. The first kappa shape index (κ1) is 15.9. The van der Waals surface area contributed by atoms with Crippen LogP contribution in [0.1, 0.15) is 5.56 Å². The highest BCUT2D eigenvalue weighted by molar-refractivity contribution is 9.10. The number of nitriles is 1. The maximum absolute atomic E-state index is 13.5. The summed E-state index contributed by atoms with van der Waals surface area (Å²) >= 11 is 2.64. The van der Waals surface area contributed by atoms with E-state index in [1.54, 1.807) is 0 Å². The molecule has 0 aliphatic heterocycles. The number of hydrazone groups is 1. The van der Waals surface area contributed by atoms with E-state index in [4.69, 9.17) is 16.4 Å². The van der Waals surface area contributed by atoms with Crippen LogP contribution in [0.15, 0.2) is 21.7 Å². The minimum atomic E-state index is -4.96. The van der Waals surface area contributed by atoms with Gasteiger partial charge in [-0.1, -0.05) is 0 Å². The number of amidine groups is 1. The predicted molar refractivity (Wildman–Crippen MR) is 67.7 cm³/mol. The molecule has 4 N–H and O–H groups in total. The fourth-order valence-corrected chi connectivity index (χ4v) is 1.51. The van der Waals surface area contributed by atoms with E-state index in [9.17, 15) is 17.6 Å². The van der Waals surface area contributed by atoms with Gasteiger partial charge in [-0.25, -0.2) is 4.39 Å². The van der Waals surface area contributed by atoms with E-state index >= 15 is 0 Å². The summed E-state index contributed by atoms with van der Waals surface area (Å²) in [6.45, 7) is 0. The molecule has 0 unspecified atom stereocenters. The van der Waals surface area contributed by atoms with Crippen LogP contribution in [0.4, 0.5) is 23.2 Å². The van der Waals surface area contributed by atoms with Gasteiger partial charge in [-0.3, -0.25) is 10.8 Å². The summed E-state index contributed by atoms with van der Waals surface area (Å²) in [7, 11) is 0. The molecule has 1 aromatic carbocycles. The molecule has 5 nitrogen and oxygen atoms in total. The van der Waals surface area contributed by atoms with Crippen LogP contribution < -0.4 is 11.2 Å². The van der Waals surface area contributed by atoms with Crippen molar-refractivity contribution in [3.05, 3.63) is 28.0 Å². The molecular weight excluding hydrogens is 346 g/mol. The van der Waals surface area contributed by atoms with E-state index in [0.29, 0.717) is 0 Å². The number of benzene rings is 1. The van der Waals surface area contributed by atoms with Gasteiger partial charge in [-0.15, -0.1) is 0 Å². The van der Waals surface area contributed by atoms with Crippen LogP contribution in [0.3, 0.4) is 0 Å². The zero-order valence-electron chi connectivity index (χ0n) is 9.52. The number of anilines is 1. The second kappa shape index (κ2) is 5.87. The molecule has 0 saturated heterocycles. The molecule has 10 heteroatoms. The standard InChI is InChI=1S/C10H6BrF4N5/c11-4-1-2-5(7(8(4)12)10(13,14)15)19-20-6(3-16)9(17)18/h1-2,19H,(H3,17,18)/b20-6+. The van der Waals surface area contributed by atoms with Crippen molar-refractivity contribution in [1.29, 1.82) is 10.7 Å². The van der Waals surface area contributed by atoms with Crippen molar-refractivity contribution < 1.29 is 17.6 Å². The van der Waals surface area contributed by atoms with Crippen LogP contribution in [-0.2, 0) is 6.18 Å². The van der Waals surface area contributed by atoms with Gasteiger partial charge in [-0.05, 0) is 28.1 Å². The van der Waals surface area contributed by atoms with Crippen LogP contribution in [0.5, 0.6) is 0 Å². The van der Waals surface area contributed by atoms with Gasteiger partial charge in [0.05, 0.1) is 10.2 Å². The number of nitrogens with zero attached hydrogens (tertiary/aromatic N) is 2. The Bertz CT molecular complexity index is 617. The van der Waals surface area contributed by atoms with Crippen LogP contribution in [0.2, 0.25) is 0 Å². The molecule has 0 atom stereocenters. The Morgan fingerprint density at radius 1 is 1.45 bits per heavy atom. The highest BCUT2D eigenvalue weighted by Gasteiger charge is 2.38. The van der Waals surface area contributed by atoms with Gasteiger partial charge < -0.3 is 5.73 Å². The van der Waals surface area contributed by atoms with Crippen LogP contribution in [0.25, 0.3) is 0 Å². The predicted octanol–water partition coefficient (Wildman–Crippen LogP) is 2.83. The van der Waals surface area contributed by atoms with Crippen LogP contribution in [0, 0.1) is 22.6 Å². The molecule has 0 saturated carbocycles. The lowest BCUT2D eigenvalue weighted by molar-refractivity contribution is -0.139. The first-order valence-electron chi connectivity index (χ1n) is 4.82. The number of alkyl halides is 3. The summed E-state index contributed by atoms with van der Waals surface area (Å²) in [6.07, 6.45) is -4.96. The van der Waals surface area contributed by atoms with Gasteiger partial charge in [0.15, 0.2) is 11.7 Å². The number of halogens is 5. The third kappa shape index (κ3) is 3.45. The number of hydrogen-bond acceptors (Lipinski definition) is 4. The van der Waals surface area contributed by atoms with Crippen molar-refractivity contribution >= 4 is 33.2 Å². The quantitative estimate of drug-likeness (QED) is 0.338. The first-order chi connectivity index (χ1) is 9.18. The molecule has 0 spiro atoms. The van der Waals surface area contributed by atoms with Gasteiger partial charge in [0.2, 0.25) is 5.71 Å². The van der Waals surface area contributed by atoms with Gasteiger partial charge in [0.25, 0.3) is 0 Å². The molecule has 1 rings (SSSR count). The van der Waals surface area contributed by atoms with E-state index in [1.165, 1.54) is 6.07 Å². The fourth-order valence-electron chi connectivity index (χ4n) is 1.18. The van der Waals surface area contributed by atoms with Gasteiger partial charge >= 0.3 is 6.18 Å². The largest absolute Gasteiger partial charge is 0.421 e. The summed E-state index contributed by atoms with van der Waals surface area (Å²) < 4.78 is 51.5. The lowest BCUT2D eigenvalue weighted by Crippen LogP contribution is -2.22. The van der Waals surface area contributed by atoms with Gasteiger partial charge in [0, 0.05) is 0 Å². The normalized spacial score (nSPS) is 11.9. The lowest BCUT2D eigenvalue weighted by Gasteiger charge is -2.14. The second-order valence-corrected chi connectivity index (χ2v) is 4.23. The average Bonchev–Trinajstić information content (AvgIpc) is 2.32. The summed E-state index contributed by atoms with van der Waals surface area (Å²) in [4.78, 5) is 0. The smallest absolute Gasteiger partial charge is 0.382 e. The summed E-state index contributed by atoms with van der Waals surface area (Å²) in [5, 5.41) is 18.7. The lowest BCUT2D eigenvalue weighted by atomic mass is 10.1. The van der Waals surface area contributed by atoms with Crippen molar-refractivity contribution in [2.45, 2.75) is 6.18 Å². The van der Waals surface area contributed by atoms with E-state index in [0.717, 1.165) is 12.1 Å². The molecular formula is C10H6BrF4N5. The Kier molecular flexibility index (Phi) is 4.67. The van der Waals surface area contributed by atoms with Crippen molar-refractivity contribution in [1.82, 2.24) is 0 Å². The van der Waals surface area contributed by atoms with E-state index in [-0.39, 0.29) is 4.47 Å². The van der Waals surface area contributed by atoms with Crippen molar-refractivity contribution in [3.63, 3.8) is 0 Å². The number of nitrogens with one attached hydrogen (secondary N) is 2. The fraction of sp³-hybridized carbons (Fsp3) is 0.100. The molecule has 0 fully saturated rings. The van der Waals surface area contributed by atoms with E-state index in [1.807, 2.05) is 5.43 Å². The second-order valence-electron chi connectivity index (χ2n) is 3.38. The minimum absolute atomic E-state index is 0.369. The van der Waals surface area contributed by atoms with Crippen molar-refractivity contribution in [3.8, 4) is 6.07 Å². The van der Waals surface area contributed by atoms with E-state index in [2.05, 4.69) is 21.0 Å². The van der Waals surface area contributed by atoms with Crippen molar-refractivity contribution in [2.75, 3.05) is 5.43 Å². The van der Waals surface area contributed by atoms with E-state index < -0.39 is 34.8 Å². The maximum atomic E-state index is 13.5. The highest BCUT2D eigenvalue weighted by Crippen LogP contribution is 2.39. The summed E-state index contributed by atoms with van der Waals surface area (Å²) in [5.41, 5.74) is 3.96. The van der Waals surface area contributed by atoms with Crippen LogP contribution in [-0.4, -0.2) is 11.5 Å². The Morgan fingerprint density at radius 2 is 2.05 bits per heavy atom. The molecule has 0 heterocycles. The van der Waals surface area contributed by atoms with Gasteiger partial charge in [0.1, 0.15) is 11.6 Å². The Labute approximate surface area is 118 Å². The van der Waals surface area contributed by atoms with Crippen molar-refractivity contribution in [2.24, 2.45) is 10.8 Å². The molecule has 106 valence electrons. The first-order valence-corrected chi connectivity index (χ1v) is 5.61. The average molecular weight is 352 g/mol. The topological polar surface area (TPSA) is 98.0 Å². The number of rotatable bonds is 3. The molecule has 0 aromatic heterocycles. The monoisotopic (exact) mass is 351 g/mol. The number of nitrogens with two attached hydrogens (primary N) is 1. The zero-order chi connectivity index (χ0) is 15.5. The minimum Gasteiger partial charge on any atom is -0.382 e. The van der Waals surface area contributed by atoms with Crippen LogP contribution >= 0.6 is 15.9 Å². The zero-order valence-corrected chi connectivity index (χ0v) is 11.1. The summed E-state index contributed by atoms with van der Waals surface area (Å²) in [5.74, 6) is -2.25. The Hall–Kier alpha value is -2.15. The van der Waals surface area contributed by atoms with Gasteiger partial charge in [-0.2, -0.15) is 23.5 Å². The molecule has 0 amide bonds. The SMILES string of the molecule is N#C/C(=N\Nc1ccc(Br)c(F)c1C(F)(F)F)C(=N)N. The Morgan fingerprint density at radius 3 is 2.50 bits per heavy atom. The third-order valence-corrected chi connectivity index (χ3v) is 2.64. The number of hydrogen-bond donors (Lipinski definition) is 3. The Balaban J connectivity index is 3.31. The molecule has 0 aliphatic carbocycles. The maximum Gasteiger partial charge on any atom is 0.421 e. The third-order valence-electron chi connectivity index (χ3n) is 2.03. The summed E-state index contributed by atoms with van der Waals surface area (Å²) in [6, 6.07) is 3.38. The molecule has 1 aromatic rings. The highest BCUT2D eigenvalue weighted by atomic mass is 79.9. The molecule has 0 radical (unpaired) electrons.